The maximum atomic E-state index is 12.8. The second kappa shape index (κ2) is 10.5. The molecule has 0 saturated carbocycles. The SMILES string of the molecule is CCCc1cc(N2CCC(C(=O)NCCc3ccc(OC)c(OC)c3)CC2)n2ncnc2n1. The maximum absolute atomic E-state index is 12.8. The van der Waals surface area contributed by atoms with Crippen molar-refractivity contribution in [3.05, 3.63) is 41.9 Å². The van der Waals surface area contributed by atoms with E-state index in [0.717, 1.165) is 62.3 Å². The van der Waals surface area contributed by atoms with Crippen LogP contribution in [-0.2, 0) is 17.6 Å². The predicted molar refractivity (Wildman–Crippen MR) is 126 cm³/mol. The molecule has 0 bridgehead atoms. The highest BCUT2D eigenvalue weighted by Gasteiger charge is 2.26. The first-order valence-corrected chi connectivity index (χ1v) is 11.6. The molecular weight excluding hydrogens is 420 g/mol. The minimum atomic E-state index is 0.0230. The van der Waals surface area contributed by atoms with Crippen LogP contribution in [0.4, 0.5) is 5.82 Å². The molecule has 2 aromatic heterocycles. The average molecular weight is 453 g/mol. The molecule has 1 aliphatic heterocycles. The molecule has 3 aromatic rings. The fourth-order valence-electron chi connectivity index (χ4n) is 4.33. The van der Waals surface area contributed by atoms with Crippen LogP contribution in [0.25, 0.3) is 5.78 Å². The van der Waals surface area contributed by atoms with Gasteiger partial charge in [-0.3, -0.25) is 4.79 Å². The van der Waals surface area contributed by atoms with Crippen LogP contribution in [0.15, 0.2) is 30.6 Å². The van der Waals surface area contributed by atoms with E-state index in [9.17, 15) is 4.79 Å². The van der Waals surface area contributed by atoms with Gasteiger partial charge in [0.15, 0.2) is 11.5 Å². The fraction of sp³-hybridized carbons (Fsp3) is 0.500. The molecule has 1 saturated heterocycles. The minimum absolute atomic E-state index is 0.0230. The van der Waals surface area contributed by atoms with Crippen molar-refractivity contribution < 1.29 is 14.3 Å². The molecule has 9 heteroatoms. The zero-order valence-corrected chi connectivity index (χ0v) is 19.6. The third kappa shape index (κ3) is 5.18. The summed E-state index contributed by atoms with van der Waals surface area (Å²) >= 11 is 0. The van der Waals surface area contributed by atoms with Crippen LogP contribution in [0, 0.1) is 5.92 Å². The number of nitrogens with one attached hydrogen (secondary N) is 1. The number of piperidine rings is 1. The zero-order valence-electron chi connectivity index (χ0n) is 19.6. The number of methoxy groups -OCH3 is 2. The van der Waals surface area contributed by atoms with Gasteiger partial charge in [0.2, 0.25) is 5.91 Å². The summed E-state index contributed by atoms with van der Waals surface area (Å²) in [7, 11) is 3.25. The Hall–Kier alpha value is -3.36. The van der Waals surface area contributed by atoms with Crippen molar-refractivity contribution in [3.63, 3.8) is 0 Å². The molecule has 0 aliphatic carbocycles. The molecule has 0 atom stereocenters. The second-order valence-electron chi connectivity index (χ2n) is 8.32. The number of hydrogen-bond donors (Lipinski definition) is 1. The molecule has 1 amide bonds. The maximum Gasteiger partial charge on any atom is 0.254 e. The topological polar surface area (TPSA) is 93.9 Å². The number of rotatable bonds is 9. The van der Waals surface area contributed by atoms with E-state index in [-0.39, 0.29) is 11.8 Å². The van der Waals surface area contributed by atoms with Gasteiger partial charge < -0.3 is 19.7 Å². The van der Waals surface area contributed by atoms with E-state index in [4.69, 9.17) is 9.47 Å². The lowest BCUT2D eigenvalue weighted by atomic mass is 9.95. The Labute approximate surface area is 194 Å². The number of ether oxygens (including phenoxy) is 2. The molecule has 0 spiro atoms. The molecule has 4 rings (SSSR count). The lowest BCUT2D eigenvalue weighted by Crippen LogP contribution is -2.41. The zero-order chi connectivity index (χ0) is 23.2. The van der Waals surface area contributed by atoms with Crippen molar-refractivity contribution >= 4 is 17.5 Å². The summed E-state index contributed by atoms with van der Waals surface area (Å²) in [5.41, 5.74) is 2.13. The van der Waals surface area contributed by atoms with E-state index >= 15 is 0 Å². The number of carbonyl (C=O) groups excluding carboxylic acids is 1. The van der Waals surface area contributed by atoms with E-state index < -0.39 is 0 Å². The van der Waals surface area contributed by atoms with E-state index in [0.29, 0.717) is 23.8 Å². The molecule has 1 fully saturated rings. The standard InChI is InChI=1S/C24H32N6O3/c1-4-5-19-15-22(30-24(28-19)26-16-27-30)29-12-9-18(10-13-29)23(31)25-11-8-17-6-7-20(32-2)21(14-17)33-3/h6-7,14-16,18H,4-5,8-13H2,1-3H3,(H,25,31). The number of hydrogen-bond acceptors (Lipinski definition) is 7. The number of aromatic nitrogens is 4. The molecule has 0 unspecified atom stereocenters. The summed E-state index contributed by atoms with van der Waals surface area (Å²) in [6.45, 7) is 4.35. The predicted octanol–water partition coefficient (Wildman–Crippen LogP) is 2.67. The molecule has 1 aliphatic rings. The number of benzene rings is 1. The van der Waals surface area contributed by atoms with E-state index in [2.05, 4.69) is 38.3 Å². The molecule has 0 radical (unpaired) electrons. The van der Waals surface area contributed by atoms with Gasteiger partial charge in [0, 0.05) is 37.3 Å². The van der Waals surface area contributed by atoms with Crippen LogP contribution in [0.5, 0.6) is 11.5 Å². The fourth-order valence-corrected chi connectivity index (χ4v) is 4.33. The van der Waals surface area contributed by atoms with Gasteiger partial charge in [-0.15, -0.1) is 0 Å². The van der Waals surface area contributed by atoms with Crippen molar-refractivity contribution in [1.29, 1.82) is 0 Å². The molecule has 9 nitrogen and oxygen atoms in total. The van der Waals surface area contributed by atoms with Crippen molar-refractivity contribution in [2.75, 3.05) is 38.8 Å². The third-order valence-electron chi connectivity index (χ3n) is 6.14. The number of amides is 1. The van der Waals surface area contributed by atoms with Gasteiger partial charge in [-0.2, -0.15) is 14.6 Å². The van der Waals surface area contributed by atoms with Crippen LogP contribution in [0.1, 0.15) is 37.4 Å². The lowest BCUT2D eigenvalue weighted by Gasteiger charge is -2.33. The highest BCUT2D eigenvalue weighted by molar-refractivity contribution is 5.79. The summed E-state index contributed by atoms with van der Waals surface area (Å²) in [4.78, 5) is 23.9. The first kappa shape index (κ1) is 22.8. The summed E-state index contributed by atoms with van der Waals surface area (Å²) in [5.74, 6) is 3.20. The summed E-state index contributed by atoms with van der Waals surface area (Å²) in [5, 5.41) is 7.45. The smallest absolute Gasteiger partial charge is 0.254 e. The molecule has 1 aromatic carbocycles. The summed E-state index contributed by atoms with van der Waals surface area (Å²) in [6.07, 6.45) is 5.85. The van der Waals surface area contributed by atoms with Crippen molar-refractivity contribution in [2.45, 2.75) is 39.0 Å². The number of fused-ring (bicyclic) bond motifs is 1. The Morgan fingerprint density at radius 3 is 2.64 bits per heavy atom. The highest BCUT2D eigenvalue weighted by atomic mass is 16.5. The van der Waals surface area contributed by atoms with Gasteiger partial charge in [0.25, 0.3) is 5.78 Å². The van der Waals surface area contributed by atoms with Gasteiger partial charge in [-0.25, -0.2) is 4.98 Å². The third-order valence-corrected chi connectivity index (χ3v) is 6.14. The molecule has 1 N–H and O–H groups in total. The van der Waals surface area contributed by atoms with Gasteiger partial charge >= 0.3 is 0 Å². The van der Waals surface area contributed by atoms with Gasteiger partial charge in [0.1, 0.15) is 12.1 Å². The highest BCUT2D eigenvalue weighted by Crippen LogP contribution is 2.28. The van der Waals surface area contributed by atoms with Crippen LogP contribution >= 0.6 is 0 Å². The molecular formula is C24H32N6O3. The molecule has 33 heavy (non-hydrogen) atoms. The second-order valence-corrected chi connectivity index (χ2v) is 8.32. The Morgan fingerprint density at radius 1 is 1.12 bits per heavy atom. The average Bonchev–Trinajstić information content (AvgIpc) is 3.32. The quantitative estimate of drug-likeness (QED) is 0.533. The Bertz CT molecular complexity index is 1090. The largest absolute Gasteiger partial charge is 0.493 e. The number of nitrogens with zero attached hydrogens (tertiary/aromatic N) is 5. The number of carbonyl (C=O) groups is 1. The Morgan fingerprint density at radius 2 is 1.91 bits per heavy atom. The van der Waals surface area contributed by atoms with Crippen molar-refractivity contribution in [2.24, 2.45) is 5.92 Å². The summed E-state index contributed by atoms with van der Waals surface area (Å²) < 4.78 is 12.4. The number of anilines is 1. The van der Waals surface area contributed by atoms with E-state index in [1.54, 1.807) is 25.1 Å². The monoisotopic (exact) mass is 452 g/mol. The normalized spacial score (nSPS) is 14.5. The molecule has 176 valence electrons. The summed E-state index contributed by atoms with van der Waals surface area (Å²) in [6, 6.07) is 7.95. The first-order valence-electron chi connectivity index (χ1n) is 11.6. The van der Waals surface area contributed by atoms with Crippen LogP contribution in [-0.4, -0.2) is 59.3 Å². The Balaban J connectivity index is 1.31. The van der Waals surface area contributed by atoms with Crippen molar-refractivity contribution in [3.8, 4) is 11.5 Å². The van der Waals surface area contributed by atoms with Gasteiger partial charge in [-0.1, -0.05) is 19.4 Å². The van der Waals surface area contributed by atoms with Gasteiger partial charge in [0.05, 0.1) is 14.2 Å². The Kier molecular flexibility index (Phi) is 7.26. The van der Waals surface area contributed by atoms with E-state index in [1.807, 2.05) is 18.2 Å². The molecule has 3 heterocycles. The van der Waals surface area contributed by atoms with Crippen LogP contribution in [0.3, 0.4) is 0 Å². The number of aryl methyl sites for hydroxylation is 1. The van der Waals surface area contributed by atoms with E-state index in [1.165, 1.54) is 0 Å². The van der Waals surface area contributed by atoms with Crippen LogP contribution in [0.2, 0.25) is 0 Å². The minimum Gasteiger partial charge on any atom is -0.493 e. The van der Waals surface area contributed by atoms with Crippen molar-refractivity contribution in [1.82, 2.24) is 24.9 Å². The van der Waals surface area contributed by atoms with Crippen LogP contribution < -0.4 is 19.7 Å². The first-order chi connectivity index (χ1) is 16.1. The van der Waals surface area contributed by atoms with Gasteiger partial charge in [-0.05, 0) is 43.4 Å². The lowest BCUT2D eigenvalue weighted by molar-refractivity contribution is -0.125.